The van der Waals surface area contributed by atoms with Gasteiger partial charge in [0.25, 0.3) is 5.89 Å². The molecule has 0 unspecified atom stereocenters. The van der Waals surface area contributed by atoms with E-state index < -0.39 is 0 Å². The second kappa shape index (κ2) is 5.35. The van der Waals surface area contributed by atoms with Crippen LogP contribution in [0.15, 0.2) is 35.0 Å². The van der Waals surface area contributed by atoms with Crippen LogP contribution in [-0.2, 0) is 0 Å². The highest BCUT2D eigenvalue weighted by molar-refractivity contribution is 6.35. The van der Waals surface area contributed by atoms with Crippen molar-refractivity contribution in [1.82, 2.24) is 15.1 Å². The molecule has 0 atom stereocenters. The largest absolute Gasteiger partial charge is 0.508 e. The molecule has 0 radical (unpaired) electrons. The number of nitrogens with zero attached hydrogens (tertiary/aromatic N) is 3. The molecule has 0 aliphatic rings. The van der Waals surface area contributed by atoms with Crippen molar-refractivity contribution in [3.05, 3.63) is 46.1 Å². The maximum atomic E-state index is 9.53. The maximum Gasteiger partial charge on any atom is 0.258 e. The molecule has 1 N–H and O–H groups in total. The van der Waals surface area contributed by atoms with Crippen LogP contribution in [0, 0.1) is 6.92 Å². The van der Waals surface area contributed by atoms with Gasteiger partial charge in [-0.2, -0.15) is 4.98 Å². The minimum absolute atomic E-state index is 0.209. The van der Waals surface area contributed by atoms with Gasteiger partial charge in [0, 0.05) is 11.8 Å². The third kappa shape index (κ3) is 2.70. The number of phenolic OH excluding ortho intramolecular Hbond substituents is 1. The van der Waals surface area contributed by atoms with E-state index in [1.165, 1.54) is 6.20 Å². The van der Waals surface area contributed by atoms with E-state index in [1.807, 2.05) is 0 Å². The lowest BCUT2D eigenvalue weighted by Crippen LogP contribution is -1.87. The summed E-state index contributed by atoms with van der Waals surface area (Å²) in [6.07, 6.45) is 1.46. The monoisotopic (exact) mass is 321 g/mol. The van der Waals surface area contributed by atoms with Gasteiger partial charge in [-0.1, -0.05) is 28.4 Å². The summed E-state index contributed by atoms with van der Waals surface area (Å²) in [7, 11) is 0. The van der Waals surface area contributed by atoms with E-state index in [0.717, 1.165) is 5.56 Å². The molecule has 1 aromatic carbocycles. The van der Waals surface area contributed by atoms with Gasteiger partial charge in [-0.05, 0) is 36.8 Å². The summed E-state index contributed by atoms with van der Waals surface area (Å²) in [5.74, 6) is 0.805. The van der Waals surface area contributed by atoms with Crippen LogP contribution in [-0.4, -0.2) is 20.2 Å². The van der Waals surface area contributed by atoms with E-state index in [-0.39, 0.29) is 11.6 Å². The van der Waals surface area contributed by atoms with Gasteiger partial charge in [-0.3, -0.25) is 0 Å². The van der Waals surface area contributed by atoms with Crippen molar-refractivity contribution < 1.29 is 9.63 Å². The van der Waals surface area contributed by atoms with Crippen molar-refractivity contribution >= 4 is 23.2 Å². The minimum atomic E-state index is 0.209. The number of rotatable bonds is 2. The molecule has 5 nitrogen and oxygen atoms in total. The zero-order valence-electron chi connectivity index (χ0n) is 10.8. The van der Waals surface area contributed by atoms with E-state index in [9.17, 15) is 5.11 Å². The third-order valence-corrected chi connectivity index (χ3v) is 3.38. The number of aryl methyl sites for hydroxylation is 1. The predicted octanol–water partition coefficient (Wildman–Crippen LogP) is 4.12. The Balaban J connectivity index is 2.01. The van der Waals surface area contributed by atoms with E-state index in [1.54, 1.807) is 31.2 Å². The van der Waals surface area contributed by atoms with Gasteiger partial charge >= 0.3 is 0 Å². The normalized spacial score (nSPS) is 10.8. The van der Waals surface area contributed by atoms with Crippen LogP contribution in [0.4, 0.5) is 0 Å². The van der Waals surface area contributed by atoms with Crippen molar-refractivity contribution in [2.75, 3.05) is 0 Å². The Morgan fingerprint density at radius 1 is 1.19 bits per heavy atom. The lowest BCUT2D eigenvalue weighted by molar-refractivity contribution is 0.432. The van der Waals surface area contributed by atoms with Crippen LogP contribution >= 0.6 is 23.2 Å². The number of pyridine rings is 1. The molecule has 2 aromatic heterocycles. The summed E-state index contributed by atoms with van der Waals surface area (Å²) >= 11 is 11.9. The molecular weight excluding hydrogens is 313 g/mol. The van der Waals surface area contributed by atoms with Gasteiger partial charge in [0.1, 0.15) is 11.4 Å². The molecule has 7 heteroatoms. The highest BCUT2D eigenvalue weighted by atomic mass is 35.5. The fraction of sp³-hybridized carbons (Fsp3) is 0.0714. The average molecular weight is 322 g/mol. The van der Waals surface area contributed by atoms with Gasteiger partial charge in [0.05, 0.1) is 10.0 Å². The molecule has 0 fully saturated rings. The van der Waals surface area contributed by atoms with E-state index in [0.29, 0.717) is 27.2 Å². The molecule has 0 saturated carbocycles. The highest BCUT2D eigenvalue weighted by Crippen LogP contribution is 2.29. The number of hydrogen-bond donors (Lipinski definition) is 1. The van der Waals surface area contributed by atoms with Crippen molar-refractivity contribution in [2.45, 2.75) is 6.92 Å². The van der Waals surface area contributed by atoms with Crippen LogP contribution in [0.3, 0.4) is 0 Å². The number of halogens is 2. The Morgan fingerprint density at radius 2 is 2.00 bits per heavy atom. The fourth-order valence-corrected chi connectivity index (χ4v) is 2.27. The molecule has 3 aromatic rings. The zero-order valence-corrected chi connectivity index (χ0v) is 12.4. The van der Waals surface area contributed by atoms with Crippen molar-refractivity contribution in [3.63, 3.8) is 0 Å². The van der Waals surface area contributed by atoms with E-state index in [2.05, 4.69) is 15.1 Å². The van der Waals surface area contributed by atoms with Crippen LogP contribution in [0.25, 0.3) is 23.0 Å². The zero-order chi connectivity index (χ0) is 15.0. The summed E-state index contributed by atoms with van der Waals surface area (Å²) < 4.78 is 5.21. The third-order valence-electron chi connectivity index (χ3n) is 2.89. The van der Waals surface area contributed by atoms with Gasteiger partial charge in [-0.15, -0.1) is 0 Å². The molecule has 0 aliphatic carbocycles. The van der Waals surface area contributed by atoms with Crippen LogP contribution in [0.2, 0.25) is 10.0 Å². The van der Waals surface area contributed by atoms with Crippen LogP contribution in [0.5, 0.6) is 5.75 Å². The van der Waals surface area contributed by atoms with Gasteiger partial charge in [-0.25, -0.2) is 4.98 Å². The quantitative estimate of drug-likeness (QED) is 0.768. The minimum Gasteiger partial charge on any atom is -0.508 e. The molecule has 0 amide bonds. The summed E-state index contributed by atoms with van der Waals surface area (Å²) in [5, 5.41) is 14.2. The molecule has 0 bridgehead atoms. The van der Waals surface area contributed by atoms with Gasteiger partial charge in [0.15, 0.2) is 0 Å². The van der Waals surface area contributed by atoms with Crippen LogP contribution < -0.4 is 0 Å². The molecule has 0 saturated heterocycles. The Labute approximate surface area is 130 Å². The Hall–Kier alpha value is -2.11. The molecule has 0 aliphatic heterocycles. The SMILES string of the molecule is Cc1cc(-c2nc(-c3ncc(Cl)cc3Cl)no2)ccc1O. The number of aromatic hydroxyl groups is 1. The average Bonchev–Trinajstić information content (AvgIpc) is 2.91. The lowest BCUT2D eigenvalue weighted by atomic mass is 10.1. The maximum absolute atomic E-state index is 9.53. The first-order chi connectivity index (χ1) is 10.0. The van der Waals surface area contributed by atoms with Crippen LogP contribution in [0.1, 0.15) is 5.56 Å². The fourth-order valence-electron chi connectivity index (χ4n) is 1.80. The highest BCUT2D eigenvalue weighted by Gasteiger charge is 2.15. The predicted molar refractivity (Wildman–Crippen MR) is 79.4 cm³/mol. The smallest absolute Gasteiger partial charge is 0.258 e. The Bertz CT molecular complexity index is 818. The Kier molecular flexibility index (Phi) is 3.53. The second-order valence-corrected chi connectivity index (χ2v) is 5.25. The number of benzene rings is 1. The summed E-state index contributed by atoms with van der Waals surface area (Å²) in [6.45, 7) is 1.79. The molecule has 106 valence electrons. The number of aromatic nitrogens is 3. The first-order valence-electron chi connectivity index (χ1n) is 5.99. The number of phenols is 1. The topological polar surface area (TPSA) is 72.0 Å². The standard InChI is InChI=1S/C14H9Cl2N3O2/c1-7-4-8(2-3-11(7)20)14-18-13(19-21-14)12-10(16)5-9(15)6-17-12/h2-6,20H,1H3. The lowest BCUT2D eigenvalue weighted by Gasteiger charge is -1.99. The molecule has 21 heavy (non-hydrogen) atoms. The summed E-state index contributed by atoms with van der Waals surface area (Å²) in [4.78, 5) is 8.36. The van der Waals surface area contributed by atoms with Gasteiger partial charge in [0.2, 0.25) is 5.82 Å². The number of hydrogen-bond acceptors (Lipinski definition) is 5. The molecule has 2 heterocycles. The molecular formula is C14H9Cl2N3O2. The summed E-state index contributed by atoms with van der Waals surface area (Å²) in [5.41, 5.74) is 1.82. The second-order valence-electron chi connectivity index (χ2n) is 4.41. The van der Waals surface area contributed by atoms with E-state index in [4.69, 9.17) is 27.7 Å². The summed E-state index contributed by atoms with van der Waals surface area (Å²) in [6, 6.07) is 6.58. The van der Waals surface area contributed by atoms with E-state index >= 15 is 0 Å². The van der Waals surface area contributed by atoms with Gasteiger partial charge < -0.3 is 9.63 Å². The molecule has 0 spiro atoms. The molecule has 3 rings (SSSR count). The van der Waals surface area contributed by atoms with Crippen molar-refractivity contribution in [1.29, 1.82) is 0 Å². The van der Waals surface area contributed by atoms with Crippen molar-refractivity contribution in [2.24, 2.45) is 0 Å². The van der Waals surface area contributed by atoms with Crippen molar-refractivity contribution in [3.8, 4) is 28.7 Å². The first kappa shape index (κ1) is 13.9. The first-order valence-corrected chi connectivity index (χ1v) is 6.75. The Morgan fingerprint density at radius 3 is 2.71 bits per heavy atom.